The van der Waals surface area contributed by atoms with Crippen LogP contribution in [0.2, 0.25) is 0 Å². The van der Waals surface area contributed by atoms with Gasteiger partial charge in [-0.05, 0) is 56.5 Å². The zero-order valence-electron chi connectivity index (χ0n) is 13.2. The summed E-state index contributed by atoms with van der Waals surface area (Å²) in [7, 11) is 0. The Morgan fingerprint density at radius 3 is 2.10 bits per heavy atom. The molecule has 0 aromatic heterocycles. The van der Waals surface area contributed by atoms with E-state index < -0.39 is 0 Å². The number of nitrogens with one attached hydrogen (secondary N) is 1. The fourth-order valence-electron chi connectivity index (χ4n) is 2.81. The van der Waals surface area contributed by atoms with Crippen molar-refractivity contribution < 1.29 is 0 Å². The summed E-state index contributed by atoms with van der Waals surface area (Å²) < 4.78 is 0. The molecule has 0 aliphatic carbocycles. The maximum atomic E-state index is 3.64. The third-order valence-electron chi connectivity index (χ3n) is 3.89. The molecule has 0 saturated heterocycles. The van der Waals surface area contributed by atoms with Crippen molar-refractivity contribution in [2.24, 2.45) is 0 Å². The number of rotatable bonds is 4. The zero-order valence-corrected chi connectivity index (χ0v) is 13.2. The molecular weight excluding hydrogens is 242 g/mol. The lowest BCUT2D eigenvalue weighted by Crippen LogP contribution is -2.23. The van der Waals surface area contributed by atoms with E-state index in [0.29, 0.717) is 0 Å². The highest BCUT2D eigenvalue weighted by atomic mass is 14.9. The van der Waals surface area contributed by atoms with Crippen molar-refractivity contribution in [3.8, 4) is 0 Å². The van der Waals surface area contributed by atoms with Gasteiger partial charge in [0.15, 0.2) is 0 Å². The van der Waals surface area contributed by atoms with Crippen LogP contribution in [0.3, 0.4) is 0 Å². The van der Waals surface area contributed by atoms with Crippen LogP contribution in [0, 0.1) is 27.7 Å². The molecule has 1 atom stereocenters. The molecule has 106 valence electrons. The molecule has 0 heterocycles. The molecule has 0 amide bonds. The zero-order chi connectivity index (χ0) is 14.7. The van der Waals surface area contributed by atoms with Crippen LogP contribution in [0.5, 0.6) is 0 Å². The van der Waals surface area contributed by atoms with E-state index in [1.807, 2.05) is 0 Å². The Hall–Kier alpha value is -1.60. The number of hydrogen-bond acceptors (Lipinski definition) is 1. The van der Waals surface area contributed by atoms with E-state index in [2.05, 4.69) is 76.3 Å². The molecule has 0 spiro atoms. The van der Waals surface area contributed by atoms with Crippen molar-refractivity contribution in [1.29, 1.82) is 0 Å². The third-order valence-corrected chi connectivity index (χ3v) is 3.89. The van der Waals surface area contributed by atoms with Crippen molar-refractivity contribution in [2.45, 2.75) is 40.7 Å². The first-order chi connectivity index (χ1) is 9.52. The summed E-state index contributed by atoms with van der Waals surface area (Å²) in [6.07, 6.45) is 0. The highest BCUT2D eigenvalue weighted by molar-refractivity contribution is 5.43. The van der Waals surface area contributed by atoms with Gasteiger partial charge in [0.05, 0.1) is 6.04 Å². The molecule has 0 fully saturated rings. The molecule has 0 radical (unpaired) electrons. The molecule has 0 bridgehead atoms. The van der Waals surface area contributed by atoms with Gasteiger partial charge < -0.3 is 5.32 Å². The van der Waals surface area contributed by atoms with Crippen molar-refractivity contribution in [1.82, 2.24) is 5.32 Å². The van der Waals surface area contributed by atoms with Gasteiger partial charge in [-0.2, -0.15) is 0 Å². The van der Waals surface area contributed by atoms with Gasteiger partial charge in [0.25, 0.3) is 0 Å². The maximum absolute atomic E-state index is 3.64. The SMILES string of the molecule is CCNC(c1ccc(C)cc1C)c1cc(C)ccc1C. The van der Waals surface area contributed by atoms with Gasteiger partial charge in [-0.25, -0.2) is 0 Å². The second kappa shape index (κ2) is 6.23. The average Bonchev–Trinajstić information content (AvgIpc) is 2.40. The van der Waals surface area contributed by atoms with E-state index in [1.165, 1.54) is 33.4 Å². The van der Waals surface area contributed by atoms with Crippen molar-refractivity contribution in [2.75, 3.05) is 6.54 Å². The monoisotopic (exact) mass is 267 g/mol. The molecule has 2 aromatic rings. The Morgan fingerprint density at radius 2 is 1.45 bits per heavy atom. The Kier molecular flexibility index (Phi) is 4.61. The van der Waals surface area contributed by atoms with Crippen LogP contribution in [-0.2, 0) is 0 Å². The Bertz CT molecular complexity index is 599. The van der Waals surface area contributed by atoms with Crippen LogP contribution < -0.4 is 5.32 Å². The summed E-state index contributed by atoms with van der Waals surface area (Å²) in [6, 6.07) is 13.7. The molecule has 2 aromatic carbocycles. The first kappa shape index (κ1) is 14.8. The van der Waals surface area contributed by atoms with Crippen LogP contribution in [0.1, 0.15) is 46.3 Å². The molecule has 1 unspecified atom stereocenters. The summed E-state index contributed by atoms with van der Waals surface area (Å²) >= 11 is 0. The van der Waals surface area contributed by atoms with Crippen molar-refractivity contribution >= 4 is 0 Å². The maximum Gasteiger partial charge on any atom is 0.0581 e. The van der Waals surface area contributed by atoms with Crippen LogP contribution in [-0.4, -0.2) is 6.54 Å². The van der Waals surface area contributed by atoms with Crippen LogP contribution in [0.15, 0.2) is 36.4 Å². The van der Waals surface area contributed by atoms with Gasteiger partial charge in [0, 0.05) is 0 Å². The fourth-order valence-corrected chi connectivity index (χ4v) is 2.81. The predicted molar refractivity (Wildman–Crippen MR) is 87.4 cm³/mol. The molecule has 1 N–H and O–H groups in total. The lowest BCUT2D eigenvalue weighted by Gasteiger charge is -2.23. The molecule has 1 heteroatoms. The van der Waals surface area contributed by atoms with E-state index in [-0.39, 0.29) is 6.04 Å². The van der Waals surface area contributed by atoms with Gasteiger partial charge >= 0.3 is 0 Å². The normalized spacial score (nSPS) is 12.4. The second-order valence-corrected chi connectivity index (χ2v) is 5.71. The van der Waals surface area contributed by atoms with Gasteiger partial charge in [-0.1, -0.05) is 54.4 Å². The highest BCUT2D eigenvalue weighted by Gasteiger charge is 2.17. The minimum Gasteiger partial charge on any atom is -0.307 e. The Labute approximate surface area is 123 Å². The van der Waals surface area contributed by atoms with E-state index in [1.54, 1.807) is 0 Å². The smallest absolute Gasteiger partial charge is 0.0581 e. The highest BCUT2D eigenvalue weighted by Crippen LogP contribution is 2.28. The summed E-state index contributed by atoms with van der Waals surface area (Å²) in [5, 5.41) is 3.64. The van der Waals surface area contributed by atoms with Gasteiger partial charge in [-0.3, -0.25) is 0 Å². The predicted octanol–water partition coefficient (Wildman–Crippen LogP) is 4.62. The van der Waals surface area contributed by atoms with E-state index in [4.69, 9.17) is 0 Å². The largest absolute Gasteiger partial charge is 0.307 e. The number of hydrogen-bond donors (Lipinski definition) is 1. The quantitative estimate of drug-likeness (QED) is 0.852. The van der Waals surface area contributed by atoms with Crippen LogP contribution >= 0.6 is 0 Å². The standard InChI is InChI=1S/C19H25N/c1-6-20-19(17-10-8-13(2)11-16(17)5)18-12-14(3)7-9-15(18)4/h7-12,19-20H,6H2,1-5H3. The number of benzene rings is 2. The molecule has 2 rings (SSSR count). The third kappa shape index (κ3) is 3.10. The molecular formula is C19H25N. The molecule has 20 heavy (non-hydrogen) atoms. The van der Waals surface area contributed by atoms with E-state index >= 15 is 0 Å². The molecule has 0 aliphatic rings. The number of aryl methyl sites for hydroxylation is 4. The minimum atomic E-state index is 0.278. The topological polar surface area (TPSA) is 12.0 Å². The first-order valence-corrected chi connectivity index (χ1v) is 7.40. The van der Waals surface area contributed by atoms with Crippen molar-refractivity contribution in [3.63, 3.8) is 0 Å². The summed E-state index contributed by atoms with van der Waals surface area (Å²) in [5.41, 5.74) is 8.11. The second-order valence-electron chi connectivity index (χ2n) is 5.71. The Balaban J connectivity index is 2.53. The Morgan fingerprint density at radius 1 is 0.800 bits per heavy atom. The minimum absolute atomic E-state index is 0.278. The average molecular weight is 267 g/mol. The van der Waals surface area contributed by atoms with Gasteiger partial charge in [-0.15, -0.1) is 0 Å². The van der Waals surface area contributed by atoms with Crippen LogP contribution in [0.4, 0.5) is 0 Å². The van der Waals surface area contributed by atoms with E-state index in [0.717, 1.165) is 6.54 Å². The van der Waals surface area contributed by atoms with Crippen LogP contribution in [0.25, 0.3) is 0 Å². The summed E-state index contributed by atoms with van der Waals surface area (Å²) in [5.74, 6) is 0. The fraction of sp³-hybridized carbons (Fsp3) is 0.368. The lowest BCUT2D eigenvalue weighted by atomic mass is 9.90. The van der Waals surface area contributed by atoms with Gasteiger partial charge in [0.2, 0.25) is 0 Å². The first-order valence-electron chi connectivity index (χ1n) is 7.40. The van der Waals surface area contributed by atoms with Crippen molar-refractivity contribution in [3.05, 3.63) is 69.8 Å². The molecule has 0 saturated carbocycles. The van der Waals surface area contributed by atoms with E-state index in [9.17, 15) is 0 Å². The van der Waals surface area contributed by atoms with Gasteiger partial charge in [0.1, 0.15) is 0 Å². The lowest BCUT2D eigenvalue weighted by molar-refractivity contribution is 0.624. The molecule has 1 nitrogen and oxygen atoms in total. The summed E-state index contributed by atoms with van der Waals surface area (Å²) in [6.45, 7) is 11.8. The summed E-state index contributed by atoms with van der Waals surface area (Å²) in [4.78, 5) is 0. The molecule has 0 aliphatic heterocycles.